The van der Waals surface area contributed by atoms with Gasteiger partial charge in [-0.1, -0.05) is 24.3 Å². The Morgan fingerprint density at radius 2 is 1.86 bits per heavy atom. The number of hydrogen-bond acceptors (Lipinski definition) is 3. The Labute approximate surface area is 132 Å². The normalized spacial score (nSPS) is 14.5. The zero-order valence-corrected chi connectivity index (χ0v) is 13.6. The van der Waals surface area contributed by atoms with Gasteiger partial charge in [-0.3, -0.25) is 4.90 Å². The van der Waals surface area contributed by atoms with E-state index in [1.807, 2.05) is 6.07 Å². The number of hydrogen-bond donors (Lipinski definition) is 0. The van der Waals surface area contributed by atoms with Gasteiger partial charge in [-0.15, -0.1) is 0 Å². The van der Waals surface area contributed by atoms with Gasteiger partial charge in [0, 0.05) is 19.6 Å². The fraction of sp³-hybridized carbons (Fsp3) is 0.368. The number of fused-ring (bicyclic) bond motifs is 1. The van der Waals surface area contributed by atoms with Crippen LogP contribution in [0.2, 0.25) is 0 Å². The number of rotatable bonds is 4. The van der Waals surface area contributed by atoms with Crippen molar-refractivity contribution in [2.24, 2.45) is 0 Å². The van der Waals surface area contributed by atoms with E-state index in [1.54, 1.807) is 14.2 Å². The summed E-state index contributed by atoms with van der Waals surface area (Å²) in [6, 6.07) is 12.8. The molecular weight excluding hydrogens is 274 g/mol. The summed E-state index contributed by atoms with van der Waals surface area (Å²) in [6.07, 6.45) is 1.13. The van der Waals surface area contributed by atoms with Gasteiger partial charge in [0.25, 0.3) is 0 Å². The molecule has 0 saturated heterocycles. The predicted octanol–water partition coefficient (Wildman–Crippen LogP) is 3.57. The Kier molecular flexibility index (Phi) is 4.34. The van der Waals surface area contributed by atoms with E-state index in [9.17, 15) is 0 Å². The van der Waals surface area contributed by atoms with Gasteiger partial charge in [0.2, 0.25) is 0 Å². The Morgan fingerprint density at radius 3 is 2.64 bits per heavy atom. The molecule has 0 bridgehead atoms. The van der Waals surface area contributed by atoms with Crippen LogP contribution in [-0.4, -0.2) is 25.7 Å². The molecular formula is C19H23NO2. The number of benzene rings is 2. The summed E-state index contributed by atoms with van der Waals surface area (Å²) in [5.41, 5.74) is 5.68. The molecule has 0 amide bonds. The van der Waals surface area contributed by atoms with Crippen LogP contribution in [0.25, 0.3) is 0 Å². The van der Waals surface area contributed by atoms with Gasteiger partial charge in [0.1, 0.15) is 0 Å². The maximum Gasteiger partial charge on any atom is 0.161 e. The summed E-state index contributed by atoms with van der Waals surface area (Å²) < 4.78 is 10.7. The molecule has 0 radical (unpaired) electrons. The molecule has 0 unspecified atom stereocenters. The number of methoxy groups -OCH3 is 2. The van der Waals surface area contributed by atoms with Crippen molar-refractivity contribution in [1.29, 1.82) is 0 Å². The van der Waals surface area contributed by atoms with Crippen LogP contribution in [0.4, 0.5) is 0 Å². The highest BCUT2D eigenvalue weighted by Gasteiger charge is 2.18. The van der Waals surface area contributed by atoms with E-state index in [1.165, 1.54) is 22.3 Å². The van der Waals surface area contributed by atoms with Crippen LogP contribution in [-0.2, 0) is 19.5 Å². The maximum atomic E-state index is 5.39. The maximum absolute atomic E-state index is 5.39. The molecule has 3 nitrogen and oxygen atoms in total. The average Bonchev–Trinajstić information content (AvgIpc) is 2.55. The standard InChI is InChI=1S/C19H23NO2/c1-14-5-4-6-16-13-20(10-9-17(14)16)12-15-7-8-18(21-2)19(11-15)22-3/h4-8,11H,9-10,12-13H2,1-3H3. The number of ether oxygens (including phenoxy) is 2. The van der Waals surface area contributed by atoms with Crippen molar-refractivity contribution in [3.05, 3.63) is 58.7 Å². The Hall–Kier alpha value is -2.00. The molecule has 0 N–H and O–H groups in total. The second kappa shape index (κ2) is 6.41. The third kappa shape index (κ3) is 2.95. The molecule has 1 aliphatic rings. The molecule has 3 rings (SSSR count). The van der Waals surface area contributed by atoms with Crippen LogP contribution in [0.5, 0.6) is 11.5 Å². The molecule has 2 aromatic carbocycles. The highest BCUT2D eigenvalue weighted by Crippen LogP contribution is 2.29. The summed E-state index contributed by atoms with van der Waals surface area (Å²) in [5.74, 6) is 1.58. The van der Waals surface area contributed by atoms with Gasteiger partial charge < -0.3 is 9.47 Å². The van der Waals surface area contributed by atoms with E-state index in [0.717, 1.165) is 37.6 Å². The summed E-state index contributed by atoms with van der Waals surface area (Å²) in [6.45, 7) is 5.27. The summed E-state index contributed by atoms with van der Waals surface area (Å²) in [5, 5.41) is 0. The first kappa shape index (κ1) is 14.9. The third-order valence-corrected chi connectivity index (χ3v) is 4.43. The van der Waals surface area contributed by atoms with Crippen LogP contribution in [0.15, 0.2) is 36.4 Å². The molecule has 0 atom stereocenters. The van der Waals surface area contributed by atoms with E-state index in [0.29, 0.717) is 0 Å². The van der Waals surface area contributed by atoms with Crippen LogP contribution in [0, 0.1) is 6.92 Å². The lowest BCUT2D eigenvalue weighted by Crippen LogP contribution is -2.30. The molecule has 0 spiro atoms. The number of aryl methyl sites for hydroxylation is 1. The second-order valence-electron chi connectivity index (χ2n) is 5.86. The third-order valence-electron chi connectivity index (χ3n) is 4.43. The lowest BCUT2D eigenvalue weighted by atomic mass is 9.95. The number of nitrogens with zero attached hydrogens (tertiary/aromatic N) is 1. The highest BCUT2D eigenvalue weighted by molar-refractivity contribution is 5.43. The van der Waals surface area contributed by atoms with Gasteiger partial charge in [0.05, 0.1) is 14.2 Å². The van der Waals surface area contributed by atoms with Crippen molar-refractivity contribution >= 4 is 0 Å². The van der Waals surface area contributed by atoms with Gasteiger partial charge in [-0.25, -0.2) is 0 Å². The smallest absolute Gasteiger partial charge is 0.161 e. The molecule has 0 saturated carbocycles. The zero-order chi connectivity index (χ0) is 15.5. The summed E-state index contributed by atoms with van der Waals surface area (Å²) >= 11 is 0. The fourth-order valence-corrected chi connectivity index (χ4v) is 3.23. The molecule has 3 heteroatoms. The second-order valence-corrected chi connectivity index (χ2v) is 5.86. The van der Waals surface area contributed by atoms with E-state index < -0.39 is 0 Å². The van der Waals surface area contributed by atoms with Crippen molar-refractivity contribution in [2.45, 2.75) is 26.4 Å². The largest absolute Gasteiger partial charge is 0.493 e. The summed E-state index contributed by atoms with van der Waals surface area (Å²) in [4.78, 5) is 2.49. The first-order valence-corrected chi connectivity index (χ1v) is 7.72. The lowest BCUT2D eigenvalue weighted by molar-refractivity contribution is 0.244. The summed E-state index contributed by atoms with van der Waals surface area (Å²) in [7, 11) is 3.35. The minimum absolute atomic E-state index is 0.783. The molecule has 0 aliphatic carbocycles. The molecule has 0 fully saturated rings. The van der Waals surface area contributed by atoms with Gasteiger partial charge >= 0.3 is 0 Å². The van der Waals surface area contributed by atoms with Crippen LogP contribution in [0.3, 0.4) is 0 Å². The van der Waals surface area contributed by atoms with Crippen molar-refractivity contribution < 1.29 is 9.47 Å². The van der Waals surface area contributed by atoms with E-state index in [-0.39, 0.29) is 0 Å². The van der Waals surface area contributed by atoms with Gasteiger partial charge in [-0.2, -0.15) is 0 Å². The van der Waals surface area contributed by atoms with Crippen molar-refractivity contribution in [3.8, 4) is 11.5 Å². The quantitative estimate of drug-likeness (QED) is 0.861. The van der Waals surface area contributed by atoms with Gasteiger partial charge in [-0.05, 0) is 47.7 Å². The molecule has 116 valence electrons. The lowest BCUT2D eigenvalue weighted by Gasteiger charge is -2.29. The molecule has 1 aliphatic heterocycles. The highest BCUT2D eigenvalue weighted by atomic mass is 16.5. The molecule has 1 heterocycles. The molecule has 22 heavy (non-hydrogen) atoms. The monoisotopic (exact) mass is 297 g/mol. The zero-order valence-electron chi connectivity index (χ0n) is 13.6. The van der Waals surface area contributed by atoms with Crippen LogP contribution >= 0.6 is 0 Å². The SMILES string of the molecule is COc1ccc(CN2CCc3c(C)cccc3C2)cc1OC. The van der Waals surface area contributed by atoms with Crippen LogP contribution in [0.1, 0.15) is 22.3 Å². The van der Waals surface area contributed by atoms with E-state index in [2.05, 4.69) is 42.2 Å². The average molecular weight is 297 g/mol. The first-order chi connectivity index (χ1) is 10.7. The van der Waals surface area contributed by atoms with Gasteiger partial charge in [0.15, 0.2) is 11.5 Å². The topological polar surface area (TPSA) is 21.7 Å². The molecule has 0 aromatic heterocycles. The van der Waals surface area contributed by atoms with Crippen molar-refractivity contribution in [1.82, 2.24) is 4.90 Å². The Balaban J connectivity index is 1.75. The Bertz CT molecular complexity index is 666. The fourth-order valence-electron chi connectivity index (χ4n) is 3.23. The van der Waals surface area contributed by atoms with Crippen molar-refractivity contribution in [2.75, 3.05) is 20.8 Å². The van der Waals surface area contributed by atoms with Crippen LogP contribution < -0.4 is 9.47 Å². The van der Waals surface area contributed by atoms with E-state index >= 15 is 0 Å². The molecule has 2 aromatic rings. The minimum Gasteiger partial charge on any atom is -0.493 e. The Morgan fingerprint density at radius 1 is 1.05 bits per heavy atom. The van der Waals surface area contributed by atoms with Crippen molar-refractivity contribution in [3.63, 3.8) is 0 Å². The minimum atomic E-state index is 0.783. The van der Waals surface area contributed by atoms with E-state index in [4.69, 9.17) is 9.47 Å². The first-order valence-electron chi connectivity index (χ1n) is 7.72. The predicted molar refractivity (Wildman–Crippen MR) is 88.5 cm³/mol.